The van der Waals surface area contributed by atoms with Gasteiger partial charge in [0.2, 0.25) is 0 Å². The van der Waals surface area contributed by atoms with E-state index in [0.29, 0.717) is 16.9 Å². The van der Waals surface area contributed by atoms with Gasteiger partial charge in [-0.2, -0.15) is 0 Å². The number of carbonyl (C=O) groups is 3. The number of methoxy groups -OCH3 is 1. The highest BCUT2D eigenvalue weighted by Crippen LogP contribution is 2.30. The van der Waals surface area contributed by atoms with Crippen LogP contribution in [0.25, 0.3) is 16.8 Å². The Morgan fingerprint density at radius 2 is 1.67 bits per heavy atom. The second-order valence-electron chi connectivity index (χ2n) is 6.74. The molecule has 1 aliphatic rings. The molecule has 1 heterocycles. The fourth-order valence-corrected chi connectivity index (χ4v) is 3.36. The Bertz CT molecular complexity index is 1200. The molecule has 0 unspecified atom stereocenters. The average molecular weight is 404 g/mol. The second-order valence-corrected chi connectivity index (χ2v) is 6.74. The number of urea groups is 1. The fraction of sp³-hybridized carbons (Fsp3) is 0.0870. The van der Waals surface area contributed by atoms with Gasteiger partial charge in [-0.1, -0.05) is 42.5 Å². The molecular formula is C23H17FN2O4. The molecule has 30 heavy (non-hydrogen) atoms. The summed E-state index contributed by atoms with van der Waals surface area (Å²) < 4.78 is 18.5. The standard InChI is InChI=1S/C23H17FN2O4/c1-30-20-11-8-15(17-4-2-3-5-18(17)20)12-19-21(27)25-23(29)26(22(19)28)13-14-6-9-16(24)10-7-14/h2-12H,13H2,1H3,(H,25,27,29)/b19-12-. The van der Waals surface area contributed by atoms with Crippen LogP contribution in [0.1, 0.15) is 11.1 Å². The lowest BCUT2D eigenvalue weighted by molar-refractivity contribution is -0.130. The average Bonchev–Trinajstić information content (AvgIpc) is 2.75. The Hall–Kier alpha value is -4.00. The smallest absolute Gasteiger partial charge is 0.331 e. The highest BCUT2D eigenvalue weighted by molar-refractivity contribution is 6.31. The quantitative estimate of drug-likeness (QED) is 0.532. The van der Waals surface area contributed by atoms with Crippen molar-refractivity contribution in [1.29, 1.82) is 0 Å². The minimum atomic E-state index is -0.814. The summed E-state index contributed by atoms with van der Waals surface area (Å²) in [6.45, 7) is -0.0844. The van der Waals surface area contributed by atoms with Crippen molar-refractivity contribution in [3.63, 3.8) is 0 Å². The van der Waals surface area contributed by atoms with Crippen molar-refractivity contribution < 1.29 is 23.5 Å². The van der Waals surface area contributed by atoms with E-state index in [1.807, 2.05) is 24.3 Å². The Balaban J connectivity index is 1.73. The number of nitrogens with one attached hydrogen (secondary N) is 1. The van der Waals surface area contributed by atoms with Gasteiger partial charge in [-0.3, -0.25) is 19.8 Å². The van der Waals surface area contributed by atoms with Crippen LogP contribution in [0.2, 0.25) is 0 Å². The number of halogens is 1. The molecule has 7 heteroatoms. The predicted octanol–water partition coefficient (Wildman–Crippen LogP) is 3.65. The molecule has 1 N–H and O–H groups in total. The summed E-state index contributed by atoms with van der Waals surface area (Å²) >= 11 is 0. The summed E-state index contributed by atoms with van der Waals surface area (Å²) in [6, 6.07) is 15.6. The molecule has 150 valence electrons. The van der Waals surface area contributed by atoms with E-state index in [2.05, 4.69) is 5.32 Å². The maximum Gasteiger partial charge on any atom is 0.331 e. The van der Waals surface area contributed by atoms with E-state index in [-0.39, 0.29) is 12.1 Å². The van der Waals surface area contributed by atoms with Gasteiger partial charge in [-0.25, -0.2) is 9.18 Å². The fourth-order valence-electron chi connectivity index (χ4n) is 3.36. The first-order chi connectivity index (χ1) is 14.5. The van der Waals surface area contributed by atoms with Crippen LogP contribution in [0.5, 0.6) is 5.75 Å². The minimum absolute atomic E-state index is 0.0844. The van der Waals surface area contributed by atoms with E-state index in [9.17, 15) is 18.8 Å². The molecular weight excluding hydrogens is 387 g/mol. The van der Waals surface area contributed by atoms with Gasteiger partial charge in [-0.15, -0.1) is 0 Å². The summed E-state index contributed by atoms with van der Waals surface area (Å²) in [5.74, 6) is -1.23. The van der Waals surface area contributed by atoms with E-state index in [1.54, 1.807) is 19.2 Å². The number of imide groups is 2. The molecule has 3 aromatic rings. The number of ether oxygens (including phenoxy) is 1. The van der Waals surface area contributed by atoms with Crippen molar-refractivity contribution in [3.8, 4) is 5.75 Å². The van der Waals surface area contributed by atoms with Gasteiger partial charge in [0.15, 0.2) is 0 Å². The molecule has 0 spiro atoms. The number of hydrogen-bond donors (Lipinski definition) is 1. The van der Waals surface area contributed by atoms with Crippen LogP contribution < -0.4 is 10.1 Å². The van der Waals surface area contributed by atoms with Crippen LogP contribution in [0.4, 0.5) is 9.18 Å². The lowest BCUT2D eigenvalue weighted by Crippen LogP contribution is -2.53. The molecule has 0 bridgehead atoms. The first-order valence-electron chi connectivity index (χ1n) is 9.17. The van der Waals surface area contributed by atoms with Crippen LogP contribution in [0, 0.1) is 5.82 Å². The number of nitrogens with zero attached hydrogens (tertiary/aromatic N) is 1. The van der Waals surface area contributed by atoms with E-state index in [0.717, 1.165) is 15.7 Å². The van der Waals surface area contributed by atoms with Crippen molar-refractivity contribution in [2.75, 3.05) is 7.11 Å². The molecule has 0 atom stereocenters. The summed E-state index contributed by atoms with van der Waals surface area (Å²) in [5.41, 5.74) is 1.04. The third-order valence-electron chi connectivity index (χ3n) is 4.88. The zero-order chi connectivity index (χ0) is 21.3. The van der Waals surface area contributed by atoms with Gasteiger partial charge in [-0.05, 0) is 40.8 Å². The zero-order valence-corrected chi connectivity index (χ0v) is 16.0. The number of benzene rings is 3. The largest absolute Gasteiger partial charge is 0.496 e. The molecule has 0 aliphatic carbocycles. The lowest BCUT2D eigenvalue weighted by atomic mass is 10.00. The Morgan fingerprint density at radius 1 is 0.967 bits per heavy atom. The van der Waals surface area contributed by atoms with Gasteiger partial charge in [0.05, 0.1) is 13.7 Å². The van der Waals surface area contributed by atoms with Crippen molar-refractivity contribution >= 4 is 34.7 Å². The lowest BCUT2D eigenvalue weighted by Gasteiger charge is -2.26. The van der Waals surface area contributed by atoms with Gasteiger partial charge in [0.25, 0.3) is 11.8 Å². The summed E-state index contributed by atoms with van der Waals surface area (Å²) in [5, 5.41) is 3.82. The number of fused-ring (bicyclic) bond motifs is 1. The van der Waals surface area contributed by atoms with E-state index < -0.39 is 23.7 Å². The SMILES string of the molecule is COc1ccc(/C=C2/C(=O)NC(=O)N(Cc3ccc(F)cc3)C2=O)c2ccccc12. The van der Waals surface area contributed by atoms with Gasteiger partial charge in [0, 0.05) is 5.39 Å². The maximum absolute atomic E-state index is 13.1. The Labute approximate surface area is 171 Å². The van der Waals surface area contributed by atoms with Gasteiger partial charge in [0.1, 0.15) is 17.1 Å². The molecule has 6 nitrogen and oxygen atoms in total. The topological polar surface area (TPSA) is 75.7 Å². The van der Waals surface area contributed by atoms with Crippen molar-refractivity contribution in [1.82, 2.24) is 10.2 Å². The Kier molecular flexibility index (Phi) is 5.02. The highest BCUT2D eigenvalue weighted by Gasteiger charge is 2.35. The molecule has 4 rings (SSSR count). The van der Waals surface area contributed by atoms with Crippen LogP contribution in [-0.2, 0) is 16.1 Å². The number of rotatable bonds is 4. The van der Waals surface area contributed by atoms with Crippen LogP contribution >= 0.6 is 0 Å². The molecule has 0 saturated carbocycles. The molecule has 0 radical (unpaired) electrons. The number of hydrogen-bond acceptors (Lipinski definition) is 4. The van der Waals surface area contributed by atoms with Gasteiger partial charge < -0.3 is 4.74 Å². The van der Waals surface area contributed by atoms with E-state index in [1.165, 1.54) is 30.3 Å². The molecule has 1 aliphatic heterocycles. The van der Waals surface area contributed by atoms with Crippen LogP contribution in [-0.4, -0.2) is 29.9 Å². The molecule has 1 saturated heterocycles. The first kappa shape index (κ1) is 19.3. The van der Waals surface area contributed by atoms with Crippen LogP contribution in [0.3, 0.4) is 0 Å². The highest BCUT2D eigenvalue weighted by atomic mass is 19.1. The maximum atomic E-state index is 13.1. The number of amides is 4. The first-order valence-corrected chi connectivity index (χ1v) is 9.17. The normalized spacial score (nSPS) is 15.6. The summed E-state index contributed by atoms with van der Waals surface area (Å²) in [4.78, 5) is 38.5. The second kappa shape index (κ2) is 7.79. The van der Waals surface area contributed by atoms with Crippen molar-refractivity contribution in [2.45, 2.75) is 6.54 Å². The van der Waals surface area contributed by atoms with Crippen molar-refractivity contribution in [3.05, 3.63) is 83.2 Å². The number of carbonyl (C=O) groups excluding carboxylic acids is 3. The van der Waals surface area contributed by atoms with Crippen molar-refractivity contribution in [2.24, 2.45) is 0 Å². The molecule has 3 aromatic carbocycles. The van der Waals surface area contributed by atoms with E-state index in [4.69, 9.17) is 4.74 Å². The predicted molar refractivity (Wildman–Crippen MR) is 109 cm³/mol. The molecule has 1 fully saturated rings. The van der Waals surface area contributed by atoms with Gasteiger partial charge >= 0.3 is 6.03 Å². The summed E-state index contributed by atoms with van der Waals surface area (Å²) in [6.07, 6.45) is 1.46. The summed E-state index contributed by atoms with van der Waals surface area (Å²) in [7, 11) is 1.57. The third-order valence-corrected chi connectivity index (χ3v) is 4.88. The monoisotopic (exact) mass is 404 g/mol. The minimum Gasteiger partial charge on any atom is -0.496 e. The number of barbiturate groups is 1. The molecule has 4 amide bonds. The van der Waals surface area contributed by atoms with E-state index >= 15 is 0 Å². The molecule has 0 aromatic heterocycles. The van der Waals surface area contributed by atoms with Crippen LogP contribution in [0.15, 0.2) is 66.2 Å². The third kappa shape index (κ3) is 3.53. The Morgan fingerprint density at radius 3 is 2.37 bits per heavy atom. The zero-order valence-electron chi connectivity index (χ0n) is 16.0.